The molecule has 1 aromatic rings. The number of nitrogens with zero attached hydrogens (tertiary/aromatic N) is 1. The van der Waals surface area contributed by atoms with E-state index in [-0.39, 0.29) is 6.10 Å². The molecular formula is C22H31NO8. The Morgan fingerprint density at radius 2 is 1.74 bits per heavy atom. The van der Waals surface area contributed by atoms with Crippen LogP contribution in [0.3, 0.4) is 0 Å². The van der Waals surface area contributed by atoms with Crippen LogP contribution in [0.2, 0.25) is 0 Å². The van der Waals surface area contributed by atoms with Crippen LogP contribution in [0.15, 0.2) is 30.3 Å². The lowest BCUT2D eigenvalue weighted by Gasteiger charge is -2.31. The molecule has 172 valence electrons. The van der Waals surface area contributed by atoms with E-state index in [1.807, 2.05) is 30.3 Å². The Balaban J connectivity index is 1.76. The summed E-state index contributed by atoms with van der Waals surface area (Å²) in [7, 11) is 4.28. The van der Waals surface area contributed by atoms with E-state index >= 15 is 0 Å². The lowest BCUT2D eigenvalue weighted by atomic mass is 10.1. The fourth-order valence-corrected chi connectivity index (χ4v) is 4.05. The van der Waals surface area contributed by atoms with Gasteiger partial charge in [-0.1, -0.05) is 30.3 Å². The Hall–Kier alpha value is -2.04. The van der Waals surface area contributed by atoms with Crippen LogP contribution in [0.5, 0.6) is 0 Å². The monoisotopic (exact) mass is 437 g/mol. The molecule has 0 aromatic heterocycles. The van der Waals surface area contributed by atoms with E-state index in [1.54, 1.807) is 18.7 Å². The van der Waals surface area contributed by atoms with Crippen molar-refractivity contribution in [1.29, 1.82) is 0 Å². The molecule has 2 fully saturated rings. The largest absolute Gasteiger partial charge is 0.467 e. The third kappa shape index (κ3) is 5.42. The van der Waals surface area contributed by atoms with Crippen LogP contribution in [-0.2, 0) is 44.6 Å². The SMILES string of the molecule is COC(=O)[C@H]1OC(C)(C)OC1C(=O)N1C[C@H](OCc2ccccc2)C[C@H]1C(OC)OC. The van der Waals surface area contributed by atoms with Crippen LogP contribution >= 0.6 is 0 Å². The van der Waals surface area contributed by atoms with E-state index in [9.17, 15) is 9.59 Å². The molecule has 1 unspecified atom stereocenters. The molecule has 31 heavy (non-hydrogen) atoms. The smallest absolute Gasteiger partial charge is 0.338 e. The van der Waals surface area contributed by atoms with Crippen LogP contribution in [0.4, 0.5) is 0 Å². The van der Waals surface area contributed by atoms with Crippen molar-refractivity contribution in [1.82, 2.24) is 4.90 Å². The second-order valence-electron chi connectivity index (χ2n) is 8.05. The summed E-state index contributed by atoms with van der Waals surface area (Å²) >= 11 is 0. The molecule has 2 aliphatic rings. The van der Waals surface area contributed by atoms with E-state index in [1.165, 1.54) is 21.3 Å². The molecule has 9 nitrogen and oxygen atoms in total. The second kappa shape index (κ2) is 10.1. The zero-order valence-corrected chi connectivity index (χ0v) is 18.6. The number of benzene rings is 1. The number of amides is 1. The zero-order chi connectivity index (χ0) is 22.6. The second-order valence-corrected chi connectivity index (χ2v) is 8.05. The molecule has 2 heterocycles. The molecule has 4 atom stereocenters. The Bertz CT molecular complexity index is 751. The number of ether oxygens (including phenoxy) is 6. The molecular weight excluding hydrogens is 406 g/mol. The van der Waals surface area contributed by atoms with Gasteiger partial charge in [-0.3, -0.25) is 4.79 Å². The third-order valence-electron chi connectivity index (χ3n) is 5.47. The van der Waals surface area contributed by atoms with Crippen LogP contribution in [0, 0.1) is 0 Å². The number of hydrogen-bond donors (Lipinski definition) is 0. The predicted octanol–water partition coefficient (Wildman–Crippen LogP) is 1.48. The van der Waals surface area contributed by atoms with Crippen molar-refractivity contribution in [2.24, 2.45) is 0 Å². The van der Waals surface area contributed by atoms with Crippen LogP contribution in [-0.4, -0.2) is 81.1 Å². The van der Waals surface area contributed by atoms with Gasteiger partial charge in [0, 0.05) is 27.2 Å². The molecule has 0 radical (unpaired) electrons. The van der Waals surface area contributed by atoms with Gasteiger partial charge in [-0.05, 0) is 19.4 Å². The number of likely N-dealkylation sites (tertiary alicyclic amines) is 1. The fourth-order valence-electron chi connectivity index (χ4n) is 4.05. The molecule has 0 bridgehead atoms. The van der Waals surface area contributed by atoms with Gasteiger partial charge in [-0.15, -0.1) is 0 Å². The van der Waals surface area contributed by atoms with Crippen molar-refractivity contribution < 1.29 is 38.0 Å². The molecule has 1 aromatic carbocycles. The molecule has 1 amide bonds. The molecule has 0 saturated carbocycles. The summed E-state index contributed by atoms with van der Waals surface area (Å²) in [5, 5.41) is 0. The highest BCUT2D eigenvalue weighted by molar-refractivity contribution is 5.89. The minimum atomic E-state index is -1.15. The molecule has 9 heteroatoms. The number of methoxy groups -OCH3 is 3. The van der Waals surface area contributed by atoms with Gasteiger partial charge in [-0.25, -0.2) is 4.79 Å². The minimum Gasteiger partial charge on any atom is -0.467 e. The summed E-state index contributed by atoms with van der Waals surface area (Å²) in [6.07, 6.45) is -2.65. The van der Waals surface area contributed by atoms with E-state index < -0.39 is 42.2 Å². The minimum absolute atomic E-state index is 0.228. The molecule has 2 aliphatic heterocycles. The summed E-state index contributed by atoms with van der Waals surface area (Å²) in [6, 6.07) is 9.40. The van der Waals surface area contributed by atoms with Gasteiger partial charge in [0.25, 0.3) is 5.91 Å². The Morgan fingerprint density at radius 3 is 2.35 bits per heavy atom. The van der Waals surface area contributed by atoms with Crippen molar-refractivity contribution >= 4 is 11.9 Å². The number of carbonyl (C=O) groups is 2. The van der Waals surface area contributed by atoms with Crippen LogP contribution in [0.25, 0.3) is 0 Å². The normalized spacial score (nSPS) is 27.6. The van der Waals surface area contributed by atoms with Crippen molar-refractivity contribution in [3.05, 3.63) is 35.9 Å². The lowest BCUT2D eigenvalue weighted by molar-refractivity contribution is -0.174. The maximum atomic E-state index is 13.5. The molecule has 2 saturated heterocycles. The van der Waals surface area contributed by atoms with E-state index in [4.69, 9.17) is 28.4 Å². The Labute approximate surface area is 182 Å². The fraction of sp³-hybridized carbons (Fsp3) is 0.636. The van der Waals surface area contributed by atoms with Gasteiger partial charge in [0.05, 0.1) is 25.9 Å². The van der Waals surface area contributed by atoms with Crippen molar-refractivity contribution in [2.75, 3.05) is 27.9 Å². The van der Waals surface area contributed by atoms with Gasteiger partial charge in [0.1, 0.15) is 0 Å². The lowest BCUT2D eigenvalue weighted by Crippen LogP contribution is -2.51. The number of esters is 1. The summed E-state index contributed by atoms with van der Waals surface area (Å²) in [5.74, 6) is -2.15. The standard InChI is InChI=1S/C22H31NO8/c1-22(2)30-17(18(31-22)20(25)26-3)19(24)23-12-15(11-16(23)21(27-4)28-5)29-13-14-9-7-6-8-10-14/h6-10,15-18,21H,11-13H2,1-5H3/t15-,16+,17?,18+/m1/s1. The summed E-state index contributed by atoms with van der Waals surface area (Å²) in [5.41, 5.74) is 1.04. The molecule has 0 spiro atoms. The number of rotatable bonds is 8. The zero-order valence-electron chi connectivity index (χ0n) is 18.6. The summed E-state index contributed by atoms with van der Waals surface area (Å²) < 4.78 is 33.2. The van der Waals surface area contributed by atoms with Crippen molar-refractivity contribution in [2.45, 2.75) is 63.3 Å². The maximum Gasteiger partial charge on any atom is 0.338 e. The quantitative estimate of drug-likeness (QED) is 0.446. The number of hydrogen-bond acceptors (Lipinski definition) is 8. The topological polar surface area (TPSA) is 92.8 Å². The van der Waals surface area contributed by atoms with E-state index in [2.05, 4.69) is 0 Å². The van der Waals surface area contributed by atoms with Gasteiger partial charge in [-0.2, -0.15) is 0 Å². The van der Waals surface area contributed by atoms with Gasteiger partial charge in [0.2, 0.25) is 0 Å². The first-order valence-corrected chi connectivity index (χ1v) is 10.2. The van der Waals surface area contributed by atoms with Gasteiger partial charge in [0.15, 0.2) is 24.3 Å². The number of carbonyl (C=O) groups excluding carboxylic acids is 2. The highest BCUT2D eigenvalue weighted by Gasteiger charge is 2.53. The van der Waals surface area contributed by atoms with Crippen LogP contribution in [0.1, 0.15) is 25.8 Å². The van der Waals surface area contributed by atoms with Crippen LogP contribution < -0.4 is 0 Å². The van der Waals surface area contributed by atoms with Gasteiger partial charge < -0.3 is 33.3 Å². The molecule has 3 rings (SSSR count). The van der Waals surface area contributed by atoms with Crippen molar-refractivity contribution in [3.63, 3.8) is 0 Å². The summed E-state index contributed by atoms with van der Waals surface area (Å²) in [4.78, 5) is 27.3. The van der Waals surface area contributed by atoms with E-state index in [0.717, 1.165) is 5.56 Å². The summed E-state index contributed by atoms with van der Waals surface area (Å²) in [6.45, 7) is 4.03. The first-order chi connectivity index (χ1) is 14.8. The average molecular weight is 437 g/mol. The Morgan fingerprint density at radius 1 is 1.10 bits per heavy atom. The first-order valence-electron chi connectivity index (χ1n) is 10.2. The van der Waals surface area contributed by atoms with E-state index in [0.29, 0.717) is 19.6 Å². The highest BCUT2D eigenvalue weighted by atomic mass is 16.8. The average Bonchev–Trinajstić information content (AvgIpc) is 3.33. The first kappa shape index (κ1) is 23.6. The predicted molar refractivity (Wildman–Crippen MR) is 109 cm³/mol. The molecule has 0 aliphatic carbocycles. The third-order valence-corrected chi connectivity index (χ3v) is 5.47. The van der Waals surface area contributed by atoms with Crippen molar-refractivity contribution in [3.8, 4) is 0 Å². The highest BCUT2D eigenvalue weighted by Crippen LogP contribution is 2.33. The maximum absolute atomic E-state index is 13.5. The van der Waals surface area contributed by atoms with Gasteiger partial charge >= 0.3 is 5.97 Å². The molecule has 0 N–H and O–H groups in total. The Kier molecular flexibility index (Phi) is 7.66.